The number of hydrogen-bond donors (Lipinski definition) is 1. The van der Waals surface area contributed by atoms with Crippen molar-refractivity contribution in [3.05, 3.63) is 46.6 Å². The molecule has 1 aromatic heterocycles. The first-order valence-electron chi connectivity index (χ1n) is 5.96. The zero-order chi connectivity index (χ0) is 13.5. The molecule has 0 aliphatic carbocycles. The highest BCUT2D eigenvalue weighted by molar-refractivity contribution is 5.29. The van der Waals surface area contributed by atoms with Gasteiger partial charge in [-0.05, 0) is 40.1 Å². The van der Waals surface area contributed by atoms with E-state index in [2.05, 4.69) is 10.4 Å². The number of nitrogens with one attached hydrogen (secondary N) is 1. The van der Waals surface area contributed by atoms with E-state index in [-0.39, 0.29) is 5.69 Å². The van der Waals surface area contributed by atoms with Crippen LogP contribution in [0.4, 0.5) is 0 Å². The van der Waals surface area contributed by atoms with Gasteiger partial charge in [-0.15, -0.1) is 0 Å². The van der Waals surface area contributed by atoms with Gasteiger partial charge in [0.15, 0.2) is 0 Å². The molecule has 0 radical (unpaired) electrons. The summed E-state index contributed by atoms with van der Waals surface area (Å²) in [6, 6.07) is 9.43. The zero-order valence-electron chi connectivity index (χ0n) is 11.3. The van der Waals surface area contributed by atoms with Gasteiger partial charge >= 0.3 is 5.69 Å². The third-order valence-corrected chi connectivity index (χ3v) is 2.36. The van der Waals surface area contributed by atoms with Crippen LogP contribution in [0.15, 0.2) is 35.1 Å². The van der Waals surface area contributed by atoms with Gasteiger partial charge in [-0.1, -0.05) is 18.2 Å². The lowest BCUT2D eigenvalue weighted by molar-refractivity contribution is 0.695. The largest absolute Gasteiger partial charge is 0.350 e. The van der Waals surface area contributed by atoms with Crippen LogP contribution in [0, 0.1) is 6.92 Å². The zero-order valence-corrected chi connectivity index (χ0v) is 11.3. The van der Waals surface area contributed by atoms with Crippen molar-refractivity contribution >= 4 is 0 Å². The van der Waals surface area contributed by atoms with Crippen molar-refractivity contribution in [2.45, 2.75) is 20.4 Å². The van der Waals surface area contributed by atoms with E-state index in [1.807, 2.05) is 58.3 Å². The monoisotopic (exact) mass is 248 g/mol. The maximum Gasteiger partial charge on any atom is 0.350 e. The summed E-state index contributed by atoms with van der Waals surface area (Å²) in [5.41, 5.74) is 0.721. The van der Waals surface area contributed by atoms with Crippen LogP contribution < -0.4 is 11.0 Å². The minimum Gasteiger partial charge on any atom is -0.323 e. The van der Waals surface area contributed by atoms with Gasteiger partial charge in [-0.3, -0.25) is 4.57 Å². The minimum atomic E-state index is -0.0822. The topological polar surface area (TPSA) is 51.9 Å². The SMILES string of the molecule is CCn1c(C)nn(-c2ccccc2)c1=O.CNC. The van der Waals surface area contributed by atoms with Crippen molar-refractivity contribution < 1.29 is 0 Å². The summed E-state index contributed by atoms with van der Waals surface area (Å²) < 4.78 is 3.08. The average Bonchev–Trinajstić information content (AvgIpc) is 2.66. The second kappa shape index (κ2) is 6.76. The molecule has 0 fully saturated rings. The van der Waals surface area contributed by atoms with Crippen LogP contribution in [-0.4, -0.2) is 28.4 Å². The summed E-state index contributed by atoms with van der Waals surface area (Å²) in [6.45, 7) is 4.42. The van der Waals surface area contributed by atoms with Gasteiger partial charge in [0.1, 0.15) is 5.82 Å². The molecular weight excluding hydrogens is 228 g/mol. The second-order valence-electron chi connectivity index (χ2n) is 3.82. The van der Waals surface area contributed by atoms with Crippen LogP contribution in [0.3, 0.4) is 0 Å². The van der Waals surface area contributed by atoms with Crippen molar-refractivity contribution in [2.75, 3.05) is 14.1 Å². The van der Waals surface area contributed by atoms with Crippen molar-refractivity contribution in [3.63, 3.8) is 0 Å². The van der Waals surface area contributed by atoms with Crippen molar-refractivity contribution in [1.29, 1.82) is 0 Å². The Morgan fingerprint density at radius 3 is 2.22 bits per heavy atom. The van der Waals surface area contributed by atoms with E-state index < -0.39 is 0 Å². The van der Waals surface area contributed by atoms with E-state index in [4.69, 9.17) is 0 Å². The van der Waals surface area contributed by atoms with Gasteiger partial charge in [-0.2, -0.15) is 9.78 Å². The Morgan fingerprint density at radius 1 is 1.22 bits per heavy atom. The molecule has 0 unspecified atom stereocenters. The molecule has 0 saturated heterocycles. The van der Waals surface area contributed by atoms with Gasteiger partial charge in [-0.25, -0.2) is 4.79 Å². The van der Waals surface area contributed by atoms with E-state index in [1.54, 1.807) is 4.57 Å². The average molecular weight is 248 g/mol. The summed E-state index contributed by atoms with van der Waals surface area (Å²) in [5.74, 6) is 0.742. The van der Waals surface area contributed by atoms with Crippen LogP contribution in [-0.2, 0) is 6.54 Å². The summed E-state index contributed by atoms with van der Waals surface area (Å²) >= 11 is 0. The summed E-state index contributed by atoms with van der Waals surface area (Å²) in [4.78, 5) is 11.9. The summed E-state index contributed by atoms with van der Waals surface area (Å²) in [6.07, 6.45) is 0. The Morgan fingerprint density at radius 2 is 1.78 bits per heavy atom. The van der Waals surface area contributed by atoms with E-state index in [0.29, 0.717) is 6.54 Å². The highest BCUT2D eigenvalue weighted by Crippen LogP contribution is 2.02. The van der Waals surface area contributed by atoms with Gasteiger partial charge in [0, 0.05) is 6.54 Å². The molecule has 2 rings (SSSR count). The first-order valence-corrected chi connectivity index (χ1v) is 5.96. The number of benzene rings is 1. The lowest BCUT2D eigenvalue weighted by Gasteiger charge is -1.97. The van der Waals surface area contributed by atoms with Crippen molar-refractivity contribution in [1.82, 2.24) is 19.7 Å². The molecule has 18 heavy (non-hydrogen) atoms. The predicted molar refractivity (Wildman–Crippen MR) is 73.2 cm³/mol. The number of nitrogens with zero attached hydrogens (tertiary/aromatic N) is 3. The fraction of sp³-hybridized carbons (Fsp3) is 0.385. The molecule has 0 spiro atoms. The fourth-order valence-electron chi connectivity index (χ4n) is 1.60. The van der Waals surface area contributed by atoms with E-state index >= 15 is 0 Å². The molecule has 5 heteroatoms. The molecule has 2 aromatic rings. The first kappa shape index (κ1) is 14.2. The highest BCUT2D eigenvalue weighted by atomic mass is 16.2. The van der Waals surface area contributed by atoms with Crippen molar-refractivity contribution in [3.8, 4) is 5.69 Å². The van der Waals surface area contributed by atoms with Gasteiger partial charge in [0.25, 0.3) is 0 Å². The van der Waals surface area contributed by atoms with Crippen LogP contribution >= 0.6 is 0 Å². The van der Waals surface area contributed by atoms with Crippen LogP contribution in [0.1, 0.15) is 12.7 Å². The normalized spacial score (nSPS) is 9.78. The third kappa shape index (κ3) is 3.07. The minimum absolute atomic E-state index is 0.0822. The Bertz CT molecular complexity index is 528. The molecule has 0 amide bonds. The molecule has 1 N–H and O–H groups in total. The number of para-hydroxylation sites is 1. The maximum atomic E-state index is 11.9. The molecule has 0 atom stereocenters. The molecule has 1 aromatic carbocycles. The maximum absolute atomic E-state index is 11.9. The molecule has 0 bridgehead atoms. The quantitative estimate of drug-likeness (QED) is 0.868. The van der Waals surface area contributed by atoms with Crippen LogP contribution in [0.2, 0.25) is 0 Å². The standard InChI is InChI=1S/C11H13N3O.C2H7N/c1-3-13-9(2)12-14(11(13)15)10-7-5-4-6-8-10;1-3-2/h4-8H,3H2,1-2H3;3H,1-2H3. The number of rotatable bonds is 2. The van der Waals surface area contributed by atoms with Crippen molar-refractivity contribution in [2.24, 2.45) is 0 Å². The molecule has 0 saturated carbocycles. The lowest BCUT2D eigenvalue weighted by atomic mass is 10.3. The van der Waals surface area contributed by atoms with Gasteiger partial charge in [0.05, 0.1) is 5.69 Å². The Balaban J connectivity index is 0.000000492. The molecule has 1 heterocycles. The van der Waals surface area contributed by atoms with Gasteiger partial charge in [0.2, 0.25) is 0 Å². The van der Waals surface area contributed by atoms with E-state index in [9.17, 15) is 4.79 Å². The Labute approximate surface area is 107 Å². The molecule has 5 nitrogen and oxygen atoms in total. The Kier molecular flexibility index (Phi) is 5.32. The lowest BCUT2D eigenvalue weighted by Crippen LogP contribution is -2.23. The summed E-state index contributed by atoms with van der Waals surface area (Å²) in [7, 11) is 3.75. The molecular formula is C13H20N4O. The van der Waals surface area contributed by atoms with Crippen LogP contribution in [0.25, 0.3) is 5.69 Å². The third-order valence-electron chi connectivity index (χ3n) is 2.36. The van der Waals surface area contributed by atoms with E-state index in [0.717, 1.165) is 11.5 Å². The van der Waals surface area contributed by atoms with Crippen LogP contribution in [0.5, 0.6) is 0 Å². The van der Waals surface area contributed by atoms with Gasteiger partial charge < -0.3 is 5.32 Å². The smallest absolute Gasteiger partial charge is 0.323 e. The predicted octanol–water partition coefficient (Wildman–Crippen LogP) is 1.20. The highest BCUT2D eigenvalue weighted by Gasteiger charge is 2.08. The molecule has 0 aliphatic heterocycles. The van der Waals surface area contributed by atoms with E-state index in [1.165, 1.54) is 4.68 Å². The number of aryl methyl sites for hydroxylation is 1. The molecule has 98 valence electrons. The number of hydrogen-bond acceptors (Lipinski definition) is 3. The summed E-state index contributed by atoms with van der Waals surface area (Å²) in [5, 5.41) is 6.97. The number of aromatic nitrogens is 3. The Hall–Kier alpha value is -1.88. The molecule has 0 aliphatic rings. The fourth-order valence-corrected chi connectivity index (χ4v) is 1.60. The first-order chi connectivity index (χ1) is 8.65. The second-order valence-corrected chi connectivity index (χ2v) is 3.82.